The summed E-state index contributed by atoms with van der Waals surface area (Å²) < 4.78 is 28.6. The maximum Gasteiger partial charge on any atom is 0.147 e. The quantitative estimate of drug-likeness (QED) is 0.782. The zero-order chi connectivity index (χ0) is 13.9. The van der Waals surface area contributed by atoms with Gasteiger partial charge in [-0.05, 0) is 39.2 Å². The average molecular weight is 343 g/mol. The maximum absolute atomic E-state index is 11.0. The van der Waals surface area contributed by atoms with Crippen molar-refractivity contribution in [2.45, 2.75) is 6.42 Å². The van der Waals surface area contributed by atoms with Gasteiger partial charge < -0.3 is 4.74 Å². The molecule has 0 aliphatic carbocycles. The van der Waals surface area contributed by atoms with E-state index < -0.39 is 9.84 Å². The molecule has 5 heteroatoms. The van der Waals surface area contributed by atoms with E-state index >= 15 is 0 Å². The Hall–Kier alpha value is -1.07. The van der Waals surface area contributed by atoms with Crippen LogP contribution in [-0.4, -0.2) is 27.0 Å². The normalized spacial score (nSPS) is 11.7. The van der Waals surface area contributed by atoms with Crippen molar-refractivity contribution in [2.24, 2.45) is 0 Å². The van der Waals surface area contributed by atoms with E-state index in [0.717, 1.165) is 21.0 Å². The molecule has 2 rings (SSSR count). The molecule has 0 amide bonds. The third kappa shape index (κ3) is 3.94. The van der Waals surface area contributed by atoms with Crippen molar-refractivity contribution in [1.29, 1.82) is 0 Å². The molecule has 19 heavy (non-hydrogen) atoms. The molecular formula is C14H15BrO3S. The van der Waals surface area contributed by atoms with Gasteiger partial charge in [0.25, 0.3) is 0 Å². The molecule has 3 nitrogen and oxygen atoms in total. The second-order valence-electron chi connectivity index (χ2n) is 4.43. The SMILES string of the molecule is CS(=O)(=O)CCCOc1ccc2ccccc2c1Br. The molecule has 0 N–H and O–H groups in total. The van der Waals surface area contributed by atoms with E-state index in [1.54, 1.807) is 0 Å². The molecule has 0 fully saturated rings. The molecule has 0 bridgehead atoms. The number of hydrogen-bond donors (Lipinski definition) is 0. The lowest BCUT2D eigenvalue weighted by Crippen LogP contribution is -2.08. The smallest absolute Gasteiger partial charge is 0.147 e. The molecule has 0 radical (unpaired) electrons. The minimum absolute atomic E-state index is 0.151. The van der Waals surface area contributed by atoms with Crippen LogP contribution in [0.15, 0.2) is 40.9 Å². The minimum atomic E-state index is -2.92. The van der Waals surface area contributed by atoms with Crippen molar-refractivity contribution in [1.82, 2.24) is 0 Å². The first-order valence-electron chi connectivity index (χ1n) is 5.95. The Labute approximate surface area is 121 Å². The van der Waals surface area contributed by atoms with Gasteiger partial charge in [-0.2, -0.15) is 0 Å². The first-order valence-corrected chi connectivity index (χ1v) is 8.80. The summed E-state index contributed by atoms with van der Waals surface area (Å²) in [5, 5.41) is 2.22. The number of sulfone groups is 1. The molecule has 0 unspecified atom stereocenters. The van der Waals surface area contributed by atoms with E-state index in [4.69, 9.17) is 4.74 Å². The van der Waals surface area contributed by atoms with Crippen molar-refractivity contribution in [3.05, 3.63) is 40.9 Å². The van der Waals surface area contributed by atoms with E-state index in [1.165, 1.54) is 6.26 Å². The van der Waals surface area contributed by atoms with Gasteiger partial charge in [-0.3, -0.25) is 0 Å². The van der Waals surface area contributed by atoms with Crippen molar-refractivity contribution in [3.8, 4) is 5.75 Å². The van der Waals surface area contributed by atoms with Gasteiger partial charge in [-0.1, -0.05) is 30.3 Å². The van der Waals surface area contributed by atoms with Crippen LogP contribution in [0.5, 0.6) is 5.75 Å². The third-order valence-electron chi connectivity index (χ3n) is 2.74. The Morgan fingerprint density at radius 3 is 2.63 bits per heavy atom. The summed E-state index contributed by atoms with van der Waals surface area (Å²) in [5.74, 6) is 0.894. The topological polar surface area (TPSA) is 43.4 Å². The zero-order valence-corrected chi connectivity index (χ0v) is 13.0. The summed E-state index contributed by atoms with van der Waals surface area (Å²) in [4.78, 5) is 0. The second-order valence-corrected chi connectivity index (χ2v) is 7.48. The van der Waals surface area contributed by atoms with Gasteiger partial charge in [-0.15, -0.1) is 0 Å². The molecule has 0 aromatic heterocycles. The fourth-order valence-corrected chi connectivity index (χ4v) is 3.08. The largest absolute Gasteiger partial charge is 0.492 e. The van der Waals surface area contributed by atoms with Gasteiger partial charge in [0.1, 0.15) is 15.6 Å². The highest BCUT2D eigenvalue weighted by molar-refractivity contribution is 9.10. The highest BCUT2D eigenvalue weighted by Gasteiger charge is 2.07. The molecule has 0 aliphatic rings. The van der Waals surface area contributed by atoms with Crippen LogP contribution in [0.4, 0.5) is 0 Å². The molecule has 0 saturated carbocycles. The van der Waals surface area contributed by atoms with E-state index in [-0.39, 0.29) is 5.75 Å². The summed E-state index contributed by atoms with van der Waals surface area (Å²) in [6.45, 7) is 0.393. The van der Waals surface area contributed by atoms with Gasteiger partial charge in [0.15, 0.2) is 0 Å². The first-order chi connectivity index (χ1) is 8.97. The Balaban J connectivity index is 2.07. The third-order valence-corrected chi connectivity index (χ3v) is 4.59. The van der Waals surface area contributed by atoms with Gasteiger partial charge in [0.2, 0.25) is 0 Å². The van der Waals surface area contributed by atoms with Gasteiger partial charge >= 0.3 is 0 Å². The molecule has 0 heterocycles. The molecule has 0 saturated heterocycles. The molecule has 102 valence electrons. The number of benzene rings is 2. The van der Waals surface area contributed by atoms with Crippen LogP contribution in [0.3, 0.4) is 0 Å². The average Bonchev–Trinajstić information content (AvgIpc) is 2.36. The van der Waals surface area contributed by atoms with Crippen LogP contribution in [0.25, 0.3) is 10.8 Å². The summed E-state index contributed by atoms with van der Waals surface area (Å²) >= 11 is 3.53. The van der Waals surface area contributed by atoms with Crippen molar-refractivity contribution in [3.63, 3.8) is 0 Å². The van der Waals surface area contributed by atoms with E-state index in [1.807, 2.05) is 36.4 Å². The molecule has 0 aliphatic heterocycles. The number of halogens is 1. The Morgan fingerprint density at radius 1 is 1.16 bits per heavy atom. The van der Waals surface area contributed by atoms with Gasteiger partial charge in [0.05, 0.1) is 16.8 Å². The fraction of sp³-hybridized carbons (Fsp3) is 0.286. The first kappa shape index (κ1) is 14.3. The van der Waals surface area contributed by atoms with Crippen LogP contribution in [0.1, 0.15) is 6.42 Å². The summed E-state index contributed by atoms with van der Waals surface area (Å²) in [5.41, 5.74) is 0. The van der Waals surface area contributed by atoms with Crippen molar-refractivity contribution < 1.29 is 13.2 Å². The van der Waals surface area contributed by atoms with Crippen LogP contribution < -0.4 is 4.74 Å². The second kappa shape index (κ2) is 5.92. The van der Waals surface area contributed by atoms with E-state index in [9.17, 15) is 8.42 Å². The molecule has 0 atom stereocenters. The van der Waals surface area contributed by atoms with E-state index in [0.29, 0.717) is 13.0 Å². The van der Waals surface area contributed by atoms with Crippen LogP contribution in [0.2, 0.25) is 0 Å². The van der Waals surface area contributed by atoms with Crippen molar-refractivity contribution in [2.75, 3.05) is 18.6 Å². The van der Waals surface area contributed by atoms with Crippen LogP contribution >= 0.6 is 15.9 Å². The van der Waals surface area contributed by atoms with Crippen LogP contribution in [0, 0.1) is 0 Å². The molecular weight excluding hydrogens is 328 g/mol. The predicted molar refractivity (Wildman–Crippen MR) is 81.5 cm³/mol. The summed E-state index contributed by atoms with van der Waals surface area (Å²) in [7, 11) is -2.92. The molecule has 2 aromatic carbocycles. The summed E-state index contributed by atoms with van der Waals surface area (Å²) in [6.07, 6.45) is 1.73. The number of rotatable bonds is 5. The lowest BCUT2D eigenvalue weighted by atomic mass is 10.1. The Bertz CT molecular complexity index is 680. The standard InChI is InChI=1S/C14H15BrO3S/c1-19(16,17)10-4-9-18-13-8-7-11-5-2-3-6-12(11)14(13)15/h2-3,5-8H,4,9-10H2,1H3. The lowest BCUT2D eigenvalue weighted by Gasteiger charge is -2.10. The number of fused-ring (bicyclic) bond motifs is 1. The fourth-order valence-electron chi connectivity index (χ4n) is 1.83. The Kier molecular flexibility index (Phi) is 4.47. The Morgan fingerprint density at radius 2 is 1.89 bits per heavy atom. The highest BCUT2D eigenvalue weighted by Crippen LogP contribution is 2.33. The summed E-state index contributed by atoms with van der Waals surface area (Å²) in [6, 6.07) is 11.9. The number of ether oxygens (including phenoxy) is 1. The van der Waals surface area contributed by atoms with Gasteiger partial charge in [0, 0.05) is 6.26 Å². The van der Waals surface area contributed by atoms with Crippen LogP contribution in [-0.2, 0) is 9.84 Å². The predicted octanol–water partition coefficient (Wildman–Crippen LogP) is 3.42. The maximum atomic E-state index is 11.0. The van der Waals surface area contributed by atoms with Gasteiger partial charge in [-0.25, -0.2) is 8.42 Å². The van der Waals surface area contributed by atoms with Crippen molar-refractivity contribution >= 4 is 36.5 Å². The molecule has 2 aromatic rings. The molecule has 0 spiro atoms. The van der Waals surface area contributed by atoms with E-state index in [2.05, 4.69) is 15.9 Å². The monoisotopic (exact) mass is 342 g/mol. The lowest BCUT2D eigenvalue weighted by molar-refractivity contribution is 0.316. The number of hydrogen-bond acceptors (Lipinski definition) is 3. The minimum Gasteiger partial charge on any atom is -0.492 e. The highest BCUT2D eigenvalue weighted by atomic mass is 79.9. The zero-order valence-electron chi connectivity index (χ0n) is 10.6.